The number of carbonyl (C=O) groups is 1. The molecule has 0 aromatic heterocycles. The van der Waals surface area contributed by atoms with E-state index in [9.17, 15) is 9.90 Å². The van der Waals surface area contributed by atoms with Crippen molar-refractivity contribution in [2.24, 2.45) is 11.3 Å². The van der Waals surface area contributed by atoms with Crippen molar-refractivity contribution in [2.75, 3.05) is 19.8 Å². The molecule has 2 N–H and O–H groups in total. The van der Waals surface area contributed by atoms with Crippen LogP contribution in [0.25, 0.3) is 0 Å². The molecule has 0 spiro atoms. The molecular weight excluding hydrogens is 266 g/mol. The Kier molecular flexibility index (Phi) is 4.57. The zero-order chi connectivity index (χ0) is 15.5. The van der Waals surface area contributed by atoms with Gasteiger partial charge in [0.1, 0.15) is 6.61 Å². The molecule has 4 nitrogen and oxygen atoms in total. The topological polar surface area (TPSA) is 58.6 Å². The van der Waals surface area contributed by atoms with E-state index in [4.69, 9.17) is 4.74 Å². The third kappa shape index (κ3) is 3.97. The number of amides is 1. The van der Waals surface area contributed by atoms with E-state index in [-0.39, 0.29) is 29.4 Å². The Morgan fingerprint density at radius 3 is 2.57 bits per heavy atom. The van der Waals surface area contributed by atoms with E-state index in [0.717, 1.165) is 12.0 Å². The number of alkyl carbamates (subject to hydrolysis) is 1. The third-order valence-electron chi connectivity index (χ3n) is 4.02. The van der Waals surface area contributed by atoms with Gasteiger partial charge < -0.3 is 15.2 Å². The smallest absolute Gasteiger partial charge is 0.407 e. The fraction of sp³-hybridized carbons (Fsp3) is 0.588. The zero-order valence-electron chi connectivity index (χ0n) is 13.1. The van der Waals surface area contributed by atoms with Gasteiger partial charge in [0.25, 0.3) is 0 Å². The molecule has 116 valence electrons. The number of rotatable bonds is 5. The van der Waals surface area contributed by atoms with E-state index in [0.29, 0.717) is 13.2 Å². The van der Waals surface area contributed by atoms with Gasteiger partial charge in [0.2, 0.25) is 0 Å². The lowest BCUT2D eigenvalue weighted by atomic mass is 9.94. The number of ether oxygens (including phenoxy) is 1. The highest BCUT2D eigenvalue weighted by atomic mass is 16.5. The first-order chi connectivity index (χ1) is 9.87. The maximum atomic E-state index is 11.8. The highest BCUT2D eigenvalue weighted by Crippen LogP contribution is 2.54. The van der Waals surface area contributed by atoms with Crippen molar-refractivity contribution in [3.63, 3.8) is 0 Å². The van der Waals surface area contributed by atoms with Gasteiger partial charge in [-0.25, -0.2) is 4.79 Å². The van der Waals surface area contributed by atoms with Crippen LogP contribution >= 0.6 is 0 Å². The molecule has 1 aliphatic rings. The molecule has 1 aromatic carbocycles. The van der Waals surface area contributed by atoms with Crippen molar-refractivity contribution in [3.8, 4) is 0 Å². The summed E-state index contributed by atoms with van der Waals surface area (Å²) in [5.41, 5.74) is 0.950. The van der Waals surface area contributed by atoms with Crippen LogP contribution in [0.5, 0.6) is 0 Å². The van der Waals surface area contributed by atoms with Crippen LogP contribution in [0.1, 0.15) is 32.8 Å². The Bertz CT molecular complexity index is 481. The van der Waals surface area contributed by atoms with Gasteiger partial charge in [-0.15, -0.1) is 0 Å². The van der Waals surface area contributed by atoms with Crippen LogP contribution in [0.15, 0.2) is 30.3 Å². The second-order valence-electron chi connectivity index (χ2n) is 7.10. The molecule has 2 rings (SSSR count). The summed E-state index contributed by atoms with van der Waals surface area (Å²) in [5, 5.41) is 12.2. The second kappa shape index (κ2) is 6.06. The van der Waals surface area contributed by atoms with E-state index in [1.165, 1.54) is 0 Å². The molecule has 1 aliphatic carbocycles. The van der Waals surface area contributed by atoms with E-state index in [1.54, 1.807) is 0 Å². The number of hydrogen-bond donors (Lipinski definition) is 2. The number of nitrogens with one attached hydrogen (secondary N) is 1. The number of benzene rings is 1. The first-order valence-corrected chi connectivity index (χ1v) is 7.44. The van der Waals surface area contributed by atoms with Crippen molar-refractivity contribution in [1.29, 1.82) is 0 Å². The van der Waals surface area contributed by atoms with Crippen LogP contribution in [-0.4, -0.2) is 31.0 Å². The van der Waals surface area contributed by atoms with Crippen molar-refractivity contribution in [1.82, 2.24) is 5.32 Å². The van der Waals surface area contributed by atoms with Crippen LogP contribution in [0.2, 0.25) is 0 Å². The second-order valence-corrected chi connectivity index (χ2v) is 7.10. The van der Waals surface area contributed by atoms with Gasteiger partial charge in [-0.3, -0.25) is 0 Å². The summed E-state index contributed by atoms with van der Waals surface area (Å²) in [6, 6.07) is 9.98. The molecule has 2 atom stereocenters. The molecule has 0 unspecified atom stereocenters. The van der Waals surface area contributed by atoms with E-state index in [2.05, 4.69) is 26.1 Å². The molecule has 4 heteroatoms. The summed E-state index contributed by atoms with van der Waals surface area (Å²) < 4.78 is 5.39. The Balaban J connectivity index is 1.92. The lowest BCUT2D eigenvalue weighted by molar-refractivity contribution is 0.125. The molecule has 1 amide bonds. The highest BCUT2D eigenvalue weighted by Gasteiger charge is 2.55. The van der Waals surface area contributed by atoms with Crippen molar-refractivity contribution in [3.05, 3.63) is 35.9 Å². The minimum Gasteiger partial charge on any atom is -0.449 e. The molecule has 1 saturated carbocycles. The maximum Gasteiger partial charge on any atom is 0.407 e. The first-order valence-electron chi connectivity index (χ1n) is 7.44. The van der Waals surface area contributed by atoms with Crippen molar-refractivity contribution >= 4 is 6.09 Å². The molecule has 1 aromatic rings. The van der Waals surface area contributed by atoms with E-state index < -0.39 is 0 Å². The third-order valence-corrected chi connectivity index (χ3v) is 4.02. The maximum absolute atomic E-state index is 11.8. The van der Waals surface area contributed by atoms with Gasteiger partial charge in [0.15, 0.2) is 0 Å². The number of aliphatic hydroxyl groups is 1. The Morgan fingerprint density at radius 1 is 1.38 bits per heavy atom. The monoisotopic (exact) mass is 291 g/mol. The van der Waals surface area contributed by atoms with Crippen LogP contribution in [-0.2, 0) is 10.2 Å². The Hall–Kier alpha value is -1.55. The average Bonchev–Trinajstić information content (AvgIpc) is 3.18. The molecule has 0 saturated heterocycles. The van der Waals surface area contributed by atoms with Crippen LogP contribution in [0.4, 0.5) is 4.79 Å². The fourth-order valence-electron chi connectivity index (χ4n) is 2.59. The predicted molar refractivity (Wildman–Crippen MR) is 82.1 cm³/mol. The molecular formula is C17H25NO3. The largest absolute Gasteiger partial charge is 0.449 e. The minimum absolute atomic E-state index is 0.0311. The van der Waals surface area contributed by atoms with Gasteiger partial charge in [-0.1, -0.05) is 51.1 Å². The number of aliphatic hydroxyl groups excluding tert-OH is 1. The Labute approximate surface area is 126 Å². The Morgan fingerprint density at radius 2 is 2.05 bits per heavy atom. The molecule has 0 heterocycles. The predicted octanol–water partition coefficient (Wildman–Crippen LogP) is 2.71. The summed E-state index contributed by atoms with van der Waals surface area (Å²) in [4.78, 5) is 11.8. The lowest BCUT2D eigenvalue weighted by Crippen LogP contribution is -2.34. The van der Waals surface area contributed by atoms with Gasteiger partial charge in [-0.2, -0.15) is 0 Å². The summed E-state index contributed by atoms with van der Waals surface area (Å²) in [5.74, 6) is 0.176. The highest BCUT2D eigenvalue weighted by molar-refractivity contribution is 5.67. The SMILES string of the molecule is CC(C)(C)CNC(=O)OC[C@]1(c2ccccc2)C[C@H]1CO. The van der Waals surface area contributed by atoms with E-state index >= 15 is 0 Å². The fourth-order valence-corrected chi connectivity index (χ4v) is 2.59. The van der Waals surface area contributed by atoms with Crippen LogP contribution < -0.4 is 5.32 Å². The van der Waals surface area contributed by atoms with Gasteiger partial charge in [0.05, 0.1) is 0 Å². The minimum atomic E-state index is -0.385. The molecule has 0 radical (unpaired) electrons. The van der Waals surface area contributed by atoms with Gasteiger partial charge in [0, 0.05) is 18.6 Å². The van der Waals surface area contributed by atoms with Crippen LogP contribution in [0.3, 0.4) is 0 Å². The first kappa shape index (κ1) is 15.8. The van der Waals surface area contributed by atoms with Gasteiger partial charge in [-0.05, 0) is 23.3 Å². The molecule has 1 fully saturated rings. The summed E-state index contributed by atoms with van der Waals surface area (Å²) >= 11 is 0. The molecule has 21 heavy (non-hydrogen) atoms. The summed E-state index contributed by atoms with van der Waals surface area (Å²) in [6.07, 6.45) is 0.476. The standard InChI is InChI=1S/C17H25NO3/c1-16(2,3)11-18-15(20)21-12-17(9-14(17)10-19)13-7-5-4-6-8-13/h4-8,14,19H,9-12H2,1-3H3,(H,18,20)/t14-,17-/m0/s1. The van der Waals surface area contributed by atoms with Crippen molar-refractivity contribution < 1.29 is 14.6 Å². The van der Waals surface area contributed by atoms with Crippen LogP contribution in [0, 0.1) is 11.3 Å². The van der Waals surface area contributed by atoms with Gasteiger partial charge >= 0.3 is 6.09 Å². The van der Waals surface area contributed by atoms with E-state index in [1.807, 2.05) is 30.3 Å². The average molecular weight is 291 g/mol. The number of carbonyl (C=O) groups excluding carboxylic acids is 1. The number of hydrogen-bond acceptors (Lipinski definition) is 3. The van der Waals surface area contributed by atoms with Crippen molar-refractivity contribution in [2.45, 2.75) is 32.6 Å². The quantitative estimate of drug-likeness (QED) is 0.877. The molecule has 0 bridgehead atoms. The molecule has 0 aliphatic heterocycles. The zero-order valence-corrected chi connectivity index (χ0v) is 13.1. The summed E-state index contributed by atoms with van der Waals surface area (Å²) in [6.45, 7) is 7.19. The normalized spacial score (nSPS) is 24.5. The lowest BCUT2D eigenvalue weighted by Gasteiger charge is -2.21. The summed E-state index contributed by atoms with van der Waals surface area (Å²) in [7, 11) is 0.